The quantitative estimate of drug-likeness (QED) is 0.422. The molecule has 1 aromatic rings. The lowest BCUT2D eigenvalue weighted by Gasteiger charge is -2.05. The largest absolute Gasteiger partial charge is 0.446 e. The van der Waals surface area contributed by atoms with Crippen LogP contribution >= 0.6 is 0 Å². The summed E-state index contributed by atoms with van der Waals surface area (Å²) in [6.45, 7) is 0. The fourth-order valence-corrected chi connectivity index (χ4v) is 1.08. The van der Waals surface area contributed by atoms with Crippen molar-refractivity contribution < 1.29 is 17.2 Å². The molecule has 78 valence electrons. The molecule has 0 bridgehead atoms. The van der Waals surface area contributed by atoms with Crippen LogP contribution in [-0.2, 0) is 10.4 Å². The average Bonchev–Trinajstić information content (AvgIpc) is 1.95. The van der Waals surface area contributed by atoms with Crippen molar-refractivity contribution in [1.82, 2.24) is 9.97 Å². The molecule has 9 nitrogen and oxygen atoms in total. The first-order chi connectivity index (χ1) is 6.29. The number of aromatic nitrogens is 2. The molecule has 0 aromatic carbocycles. The fourth-order valence-electron chi connectivity index (χ4n) is 0.691. The van der Waals surface area contributed by atoms with E-state index in [1.54, 1.807) is 0 Å². The van der Waals surface area contributed by atoms with Gasteiger partial charge in [0.1, 0.15) is 0 Å². The molecular weight excluding hydrogens is 216 g/mol. The fraction of sp³-hybridized carbons (Fsp3) is 0. The summed E-state index contributed by atoms with van der Waals surface area (Å²) in [5.74, 6) is -1.60. The van der Waals surface area contributed by atoms with Crippen molar-refractivity contribution in [2.45, 2.75) is 0 Å². The first-order valence-corrected chi connectivity index (χ1v) is 4.48. The maximum absolute atomic E-state index is 10.6. The molecular formula is C4H6N4O5S. The van der Waals surface area contributed by atoms with E-state index in [4.69, 9.17) is 16.0 Å². The minimum absolute atomic E-state index is 0.444. The lowest BCUT2D eigenvalue weighted by Crippen LogP contribution is -2.18. The van der Waals surface area contributed by atoms with Crippen molar-refractivity contribution >= 4 is 22.0 Å². The molecule has 0 fully saturated rings. The van der Waals surface area contributed by atoms with Gasteiger partial charge in [-0.05, 0) is 0 Å². The summed E-state index contributed by atoms with van der Waals surface area (Å²) in [6.07, 6.45) is 0. The average molecular weight is 222 g/mol. The highest BCUT2D eigenvalue weighted by atomic mass is 32.3. The normalized spacial score (nSPS) is 11.2. The molecule has 0 saturated heterocycles. The van der Waals surface area contributed by atoms with Gasteiger partial charge in [-0.25, -0.2) is 4.79 Å². The minimum atomic E-state index is -4.76. The Labute approximate surface area is 77.7 Å². The molecule has 0 amide bonds. The number of nitrogens with zero attached hydrogens (tertiary/aromatic N) is 1. The van der Waals surface area contributed by atoms with E-state index >= 15 is 0 Å². The summed E-state index contributed by atoms with van der Waals surface area (Å²) in [7, 11) is -4.76. The Kier molecular flexibility index (Phi) is 2.32. The Morgan fingerprint density at radius 3 is 2.43 bits per heavy atom. The number of nitrogen functional groups attached to an aromatic ring is 2. The smallest absolute Gasteiger partial charge is 0.382 e. The van der Waals surface area contributed by atoms with Crippen molar-refractivity contribution in [2.24, 2.45) is 0 Å². The van der Waals surface area contributed by atoms with E-state index in [1.807, 2.05) is 4.98 Å². The van der Waals surface area contributed by atoms with Gasteiger partial charge in [0.15, 0.2) is 11.6 Å². The van der Waals surface area contributed by atoms with Gasteiger partial charge >= 0.3 is 16.1 Å². The Morgan fingerprint density at radius 2 is 2.00 bits per heavy atom. The zero-order valence-electron chi connectivity index (χ0n) is 6.59. The van der Waals surface area contributed by atoms with E-state index in [0.717, 1.165) is 0 Å². The number of aromatic amines is 1. The molecule has 0 spiro atoms. The van der Waals surface area contributed by atoms with Gasteiger partial charge in [0.2, 0.25) is 5.75 Å². The summed E-state index contributed by atoms with van der Waals surface area (Å²) >= 11 is 0. The van der Waals surface area contributed by atoms with Crippen LogP contribution < -0.4 is 21.3 Å². The minimum Gasteiger partial charge on any atom is -0.382 e. The molecule has 0 aliphatic carbocycles. The topological polar surface area (TPSA) is 161 Å². The summed E-state index contributed by atoms with van der Waals surface area (Å²) < 4.78 is 32.9. The summed E-state index contributed by atoms with van der Waals surface area (Å²) in [5, 5.41) is 0. The van der Waals surface area contributed by atoms with E-state index < -0.39 is 33.5 Å². The van der Waals surface area contributed by atoms with E-state index in [2.05, 4.69) is 9.17 Å². The van der Waals surface area contributed by atoms with Crippen LogP contribution in [0.25, 0.3) is 0 Å². The van der Waals surface area contributed by atoms with Crippen LogP contribution in [0.3, 0.4) is 0 Å². The van der Waals surface area contributed by atoms with Crippen LogP contribution in [0.1, 0.15) is 0 Å². The van der Waals surface area contributed by atoms with E-state index in [1.165, 1.54) is 0 Å². The third kappa shape index (κ3) is 2.34. The number of nitrogens with two attached hydrogens (primary N) is 2. The highest BCUT2D eigenvalue weighted by Gasteiger charge is 2.15. The van der Waals surface area contributed by atoms with Crippen LogP contribution in [0.15, 0.2) is 4.79 Å². The number of rotatable bonds is 2. The van der Waals surface area contributed by atoms with Crippen molar-refractivity contribution in [3.05, 3.63) is 10.5 Å². The summed E-state index contributed by atoms with van der Waals surface area (Å²) in [5.41, 5.74) is 9.41. The second-order valence-corrected chi connectivity index (χ2v) is 3.20. The molecule has 1 aromatic heterocycles. The van der Waals surface area contributed by atoms with Gasteiger partial charge in [0.05, 0.1) is 0 Å². The van der Waals surface area contributed by atoms with Crippen LogP contribution in [0.2, 0.25) is 0 Å². The van der Waals surface area contributed by atoms with Gasteiger partial charge in [-0.15, -0.1) is 0 Å². The number of nitrogens with one attached hydrogen (secondary N) is 1. The van der Waals surface area contributed by atoms with E-state index in [9.17, 15) is 13.2 Å². The van der Waals surface area contributed by atoms with Gasteiger partial charge in [-0.1, -0.05) is 0 Å². The van der Waals surface area contributed by atoms with Crippen molar-refractivity contribution in [2.75, 3.05) is 11.5 Å². The molecule has 10 heteroatoms. The molecule has 0 aliphatic heterocycles. The Bertz CT molecular complexity index is 479. The molecule has 1 heterocycles. The Morgan fingerprint density at radius 1 is 1.43 bits per heavy atom. The van der Waals surface area contributed by atoms with Crippen LogP contribution in [0, 0.1) is 0 Å². The molecule has 1 rings (SSSR count). The number of anilines is 2. The van der Waals surface area contributed by atoms with Gasteiger partial charge < -0.3 is 15.7 Å². The third-order valence-corrected chi connectivity index (χ3v) is 1.51. The second kappa shape index (κ2) is 3.16. The van der Waals surface area contributed by atoms with Crippen molar-refractivity contribution in [3.63, 3.8) is 0 Å². The summed E-state index contributed by atoms with van der Waals surface area (Å²) in [4.78, 5) is 15.7. The predicted molar refractivity (Wildman–Crippen MR) is 45.9 cm³/mol. The number of H-pyrrole nitrogens is 1. The highest BCUT2D eigenvalue weighted by Crippen LogP contribution is 2.23. The first-order valence-electron chi connectivity index (χ1n) is 3.12. The number of hydrogen-bond donors (Lipinski definition) is 4. The Balaban J connectivity index is 3.29. The molecule has 0 aliphatic rings. The molecule has 0 saturated carbocycles. The van der Waals surface area contributed by atoms with Gasteiger partial charge in [-0.3, -0.25) is 9.54 Å². The lowest BCUT2D eigenvalue weighted by molar-refractivity contribution is 0.387. The predicted octanol–water partition coefficient (Wildman–Crippen LogP) is -1.88. The standard InChI is InChI=1S/C4H6N4O5S/c5-2-1(13-14(10,11)12)3(6)8-4(9)7-2/h(H,10,11,12)(H5,5,6,7,8,9). The Hall–Kier alpha value is -1.81. The lowest BCUT2D eigenvalue weighted by atomic mass is 10.5. The van der Waals surface area contributed by atoms with Crippen LogP contribution in [0.5, 0.6) is 5.75 Å². The van der Waals surface area contributed by atoms with Gasteiger partial charge in [0.25, 0.3) is 0 Å². The molecule has 0 unspecified atom stereocenters. The molecule has 0 radical (unpaired) electrons. The van der Waals surface area contributed by atoms with Gasteiger partial charge in [0, 0.05) is 0 Å². The molecule has 14 heavy (non-hydrogen) atoms. The van der Waals surface area contributed by atoms with Crippen molar-refractivity contribution in [1.29, 1.82) is 0 Å². The zero-order valence-corrected chi connectivity index (χ0v) is 7.41. The molecule has 6 N–H and O–H groups in total. The highest BCUT2D eigenvalue weighted by molar-refractivity contribution is 7.81. The second-order valence-electron chi connectivity index (χ2n) is 2.18. The SMILES string of the molecule is Nc1nc(=O)[nH]c(N)c1OS(=O)(=O)O. The maximum atomic E-state index is 10.6. The molecule has 0 atom stereocenters. The van der Waals surface area contributed by atoms with Crippen LogP contribution in [-0.4, -0.2) is 22.9 Å². The zero-order chi connectivity index (χ0) is 10.9. The van der Waals surface area contributed by atoms with E-state index in [-0.39, 0.29) is 0 Å². The monoisotopic (exact) mass is 222 g/mol. The van der Waals surface area contributed by atoms with Crippen LogP contribution in [0.4, 0.5) is 11.6 Å². The number of hydrogen-bond acceptors (Lipinski definition) is 7. The first kappa shape index (κ1) is 10.3. The third-order valence-electron chi connectivity index (χ3n) is 1.13. The maximum Gasteiger partial charge on any atom is 0.446 e. The van der Waals surface area contributed by atoms with E-state index in [0.29, 0.717) is 0 Å². The summed E-state index contributed by atoms with van der Waals surface area (Å²) in [6, 6.07) is 0. The van der Waals surface area contributed by atoms with Crippen molar-refractivity contribution in [3.8, 4) is 5.75 Å². The van der Waals surface area contributed by atoms with Gasteiger partial charge in [-0.2, -0.15) is 13.4 Å².